The summed E-state index contributed by atoms with van der Waals surface area (Å²) in [5.41, 5.74) is 12.3. The summed E-state index contributed by atoms with van der Waals surface area (Å²) in [4.78, 5) is 30.8. The van der Waals surface area contributed by atoms with Gasteiger partial charge in [-0.1, -0.05) is 45.0 Å². The Morgan fingerprint density at radius 3 is 2.35 bits per heavy atom. The summed E-state index contributed by atoms with van der Waals surface area (Å²) in [6.07, 6.45) is 5.08. The Bertz CT molecular complexity index is 1870. The van der Waals surface area contributed by atoms with Crippen molar-refractivity contribution in [1.82, 2.24) is 9.55 Å². The first kappa shape index (κ1) is 29.1. The molecule has 43 heavy (non-hydrogen) atoms. The van der Waals surface area contributed by atoms with E-state index in [-0.39, 0.29) is 28.4 Å². The van der Waals surface area contributed by atoms with Gasteiger partial charge in [0.2, 0.25) is 5.69 Å². The van der Waals surface area contributed by atoms with E-state index in [1.807, 2.05) is 55.5 Å². The number of nitrogens with zero attached hydrogens (tertiary/aromatic N) is 3. The number of nitrogens with one attached hydrogen (secondary N) is 2. The largest absolute Gasteiger partial charge is 0.507 e. The molecule has 0 atom stereocenters. The van der Waals surface area contributed by atoms with Gasteiger partial charge in [-0.05, 0) is 53.8 Å². The van der Waals surface area contributed by atoms with E-state index in [4.69, 9.17) is 5.73 Å². The first-order valence-electron chi connectivity index (χ1n) is 13.9. The van der Waals surface area contributed by atoms with Gasteiger partial charge in [0.25, 0.3) is 11.5 Å². The number of carbonyl (C=O) groups excluding carboxylic acids is 1. The van der Waals surface area contributed by atoms with Crippen LogP contribution in [0.3, 0.4) is 0 Å². The zero-order valence-corrected chi connectivity index (χ0v) is 24.8. The monoisotopic (exact) mass is 575 g/mol. The Balaban J connectivity index is 1.41. The zero-order chi connectivity index (χ0) is 30.9. The lowest BCUT2D eigenvalue weighted by Gasteiger charge is -2.19. The topological polar surface area (TPSA) is 126 Å². The minimum absolute atomic E-state index is 0.000644. The van der Waals surface area contributed by atoms with Gasteiger partial charge in [0.05, 0.1) is 5.69 Å². The molecule has 0 fully saturated rings. The standard InChI is InChI=1S/C34H34N6O3/c1-21-26(7-6-8-28(21)38-32(42)22-9-11-23(12-10-22)34(2,3)4)29-20-39(5)33(43)31(37-29)36-24-13-14-30(27(35)19-24)40-17-15-25(41)16-18-40/h6-20H,35H2,1-5H3,(H2,36,37,38,42)/p+1. The molecule has 5 rings (SSSR count). The number of aryl methyl sites for hydroxylation is 1. The minimum Gasteiger partial charge on any atom is -0.507 e. The fraction of sp³-hybridized carbons (Fsp3) is 0.176. The van der Waals surface area contributed by atoms with Crippen molar-refractivity contribution in [3.8, 4) is 22.7 Å². The maximum Gasteiger partial charge on any atom is 0.293 e. The highest BCUT2D eigenvalue weighted by atomic mass is 16.3. The van der Waals surface area contributed by atoms with Crippen LogP contribution >= 0.6 is 0 Å². The van der Waals surface area contributed by atoms with Crippen LogP contribution in [0.2, 0.25) is 0 Å². The highest BCUT2D eigenvalue weighted by Gasteiger charge is 2.17. The molecule has 0 unspecified atom stereocenters. The van der Waals surface area contributed by atoms with E-state index in [0.717, 1.165) is 22.4 Å². The van der Waals surface area contributed by atoms with Gasteiger partial charge in [-0.3, -0.25) is 9.59 Å². The number of rotatable bonds is 6. The molecule has 5 N–H and O–H groups in total. The summed E-state index contributed by atoms with van der Waals surface area (Å²) in [5.74, 6) is 0.0872. The highest BCUT2D eigenvalue weighted by molar-refractivity contribution is 6.05. The van der Waals surface area contributed by atoms with E-state index in [9.17, 15) is 14.7 Å². The van der Waals surface area contributed by atoms with Crippen LogP contribution in [0.25, 0.3) is 16.9 Å². The summed E-state index contributed by atoms with van der Waals surface area (Å²) in [7, 11) is 1.67. The Kier molecular flexibility index (Phi) is 7.74. The van der Waals surface area contributed by atoms with Crippen molar-refractivity contribution >= 4 is 28.8 Å². The second kappa shape index (κ2) is 11.4. The Hall–Kier alpha value is -5.44. The van der Waals surface area contributed by atoms with Gasteiger partial charge < -0.3 is 26.0 Å². The molecule has 0 bridgehead atoms. The first-order valence-corrected chi connectivity index (χ1v) is 13.9. The SMILES string of the molecule is Cc1c(NC(=O)c2ccc(C(C)(C)C)cc2)cccc1-c1cn(C)c(=O)c(Nc2ccc(-[n+]3ccc(O)cc3)c(N)c2)n1. The predicted molar refractivity (Wildman–Crippen MR) is 170 cm³/mol. The number of aromatic hydroxyl groups is 1. The second-order valence-corrected chi connectivity index (χ2v) is 11.5. The predicted octanol–water partition coefficient (Wildman–Crippen LogP) is 5.61. The highest BCUT2D eigenvalue weighted by Crippen LogP contribution is 2.29. The van der Waals surface area contributed by atoms with Crippen LogP contribution < -0.4 is 26.5 Å². The maximum atomic E-state index is 13.1. The van der Waals surface area contributed by atoms with Crippen molar-refractivity contribution in [3.63, 3.8) is 0 Å². The molecule has 2 aromatic heterocycles. The Labute approximate surface area is 250 Å². The average molecular weight is 576 g/mol. The van der Waals surface area contributed by atoms with E-state index >= 15 is 0 Å². The smallest absolute Gasteiger partial charge is 0.293 e. The Morgan fingerprint density at radius 2 is 1.70 bits per heavy atom. The number of nitrogens with two attached hydrogens (primary N) is 1. The molecule has 1 amide bonds. The van der Waals surface area contributed by atoms with Crippen LogP contribution in [-0.4, -0.2) is 20.6 Å². The van der Waals surface area contributed by atoms with Crippen molar-refractivity contribution in [2.75, 3.05) is 16.4 Å². The van der Waals surface area contributed by atoms with Crippen LogP contribution in [0.1, 0.15) is 42.3 Å². The summed E-state index contributed by atoms with van der Waals surface area (Å²) in [6, 6.07) is 21.7. The summed E-state index contributed by atoms with van der Waals surface area (Å²) in [5, 5.41) is 15.7. The van der Waals surface area contributed by atoms with E-state index in [1.165, 1.54) is 4.57 Å². The molecule has 5 aromatic rings. The van der Waals surface area contributed by atoms with Gasteiger partial charge in [-0.25, -0.2) is 4.98 Å². The van der Waals surface area contributed by atoms with Gasteiger partial charge in [0, 0.05) is 53.9 Å². The molecular formula is C34H35N6O3+. The number of aromatic nitrogens is 3. The summed E-state index contributed by atoms with van der Waals surface area (Å²) < 4.78 is 3.25. The number of nitrogen functional groups attached to an aromatic ring is 1. The molecule has 0 radical (unpaired) electrons. The van der Waals surface area contributed by atoms with Crippen LogP contribution in [0.4, 0.5) is 22.9 Å². The zero-order valence-electron chi connectivity index (χ0n) is 24.8. The molecule has 0 aliphatic heterocycles. The third kappa shape index (κ3) is 6.25. The molecule has 2 heterocycles. The fourth-order valence-corrected chi connectivity index (χ4v) is 4.77. The van der Waals surface area contributed by atoms with Crippen molar-refractivity contribution < 1.29 is 14.5 Å². The normalized spacial score (nSPS) is 11.3. The van der Waals surface area contributed by atoms with Gasteiger partial charge in [0.1, 0.15) is 11.4 Å². The number of hydrogen-bond donors (Lipinski definition) is 4. The molecule has 218 valence electrons. The number of amides is 1. The maximum absolute atomic E-state index is 13.1. The molecule has 0 aliphatic carbocycles. The Morgan fingerprint density at radius 1 is 1.00 bits per heavy atom. The van der Waals surface area contributed by atoms with Crippen molar-refractivity contribution in [1.29, 1.82) is 0 Å². The quantitative estimate of drug-likeness (QED) is 0.154. The average Bonchev–Trinajstić information content (AvgIpc) is 2.97. The van der Waals surface area contributed by atoms with E-state index in [2.05, 4.69) is 36.4 Å². The molecule has 0 saturated heterocycles. The lowest BCUT2D eigenvalue weighted by molar-refractivity contribution is -0.594. The molecule has 0 saturated carbocycles. The third-order valence-electron chi connectivity index (χ3n) is 7.32. The lowest BCUT2D eigenvalue weighted by atomic mass is 9.86. The van der Waals surface area contributed by atoms with E-state index < -0.39 is 0 Å². The first-order chi connectivity index (χ1) is 20.4. The van der Waals surface area contributed by atoms with E-state index in [1.54, 1.807) is 54.5 Å². The molecule has 0 spiro atoms. The van der Waals surface area contributed by atoms with Crippen molar-refractivity contribution in [3.05, 3.63) is 118 Å². The summed E-state index contributed by atoms with van der Waals surface area (Å²) >= 11 is 0. The number of carbonyl (C=O) groups is 1. The second-order valence-electron chi connectivity index (χ2n) is 11.5. The molecule has 0 aliphatic rings. The number of pyridine rings is 1. The summed E-state index contributed by atoms with van der Waals surface area (Å²) in [6.45, 7) is 8.31. The minimum atomic E-state index is -0.305. The number of anilines is 4. The van der Waals surface area contributed by atoms with Crippen LogP contribution in [-0.2, 0) is 12.5 Å². The lowest BCUT2D eigenvalue weighted by Crippen LogP contribution is -2.30. The number of hydrogen-bond acceptors (Lipinski definition) is 6. The molecule has 9 nitrogen and oxygen atoms in total. The van der Waals surface area contributed by atoms with Crippen molar-refractivity contribution in [2.24, 2.45) is 7.05 Å². The van der Waals surface area contributed by atoms with Gasteiger partial charge in [-0.15, -0.1) is 0 Å². The third-order valence-corrected chi connectivity index (χ3v) is 7.32. The fourth-order valence-electron chi connectivity index (χ4n) is 4.77. The van der Waals surface area contributed by atoms with Gasteiger partial charge >= 0.3 is 0 Å². The van der Waals surface area contributed by atoms with Gasteiger partial charge in [-0.2, -0.15) is 4.57 Å². The van der Waals surface area contributed by atoms with Crippen LogP contribution in [0.5, 0.6) is 5.75 Å². The molecule has 9 heteroatoms. The van der Waals surface area contributed by atoms with E-state index in [0.29, 0.717) is 28.3 Å². The van der Waals surface area contributed by atoms with Gasteiger partial charge in [0.15, 0.2) is 18.2 Å². The molecule has 3 aromatic carbocycles. The van der Waals surface area contributed by atoms with Crippen LogP contribution in [0, 0.1) is 6.92 Å². The van der Waals surface area contributed by atoms with Crippen LogP contribution in [0.15, 0.2) is 96.2 Å². The number of benzene rings is 3. The molecular weight excluding hydrogens is 540 g/mol. The van der Waals surface area contributed by atoms with Crippen molar-refractivity contribution in [2.45, 2.75) is 33.1 Å².